The topological polar surface area (TPSA) is 25.4 Å². The molecule has 3 heterocycles. The summed E-state index contributed by atoms with van der Waals surface area (Å²) in [4.78, 5) is 6.86. The first-order valence-electron chi connectivity index (χ1n) is 6.81. The van der Waals surface area contributed by atoms with E-state index < -0.39 is 0 Å². The summed E-state index contributed by atoms with van der Waals surface area (Å²) in [5.74, 6) is 1.86. The van der Waals surface area contributed by atoms with E-state index in [1.807, 2.05) is 6.20 Å². The lowest BCUT2D eigenvalue weighted by Gasteiger charge is -2.35. The third-order valence-corrected chi connectivity index (χ3v) is 4.54. The van der Waals surface area contributed by atoms with E-state index >= 15 is 0 Å². The summed E-state index contributed by atoms with van der Waals surface area (Å²) < 4.78 is 6.85. The number of piperidine rings is 1. The minimum atomic E-state index is 0.532. The lowest BCUT2D eigenvalue weighted by atomic mass is 9.90. The number of hydrogen-bond acceptors (Lipinski definition) is 3. The van der Waals surface area contributed by atoms with Crippen LogP contribution in [0.3, 0.4) is 0 Å². The van der Waals surface area contributed by atoms with E-state index in [-0.39, 0.29) is 0 Å². The molecule has 4 heteroatoms. The molecule has 2 fully saturated rings. The number of hydrogen-bond donors (Lipinski definition) is 0. The summed E-state index contributed by atoms with van der Waals surface area (Å²) in [5, 5.41) is 0. The normalized spacial score (nSPS) is 25.6. The highest BCUT2D eigenvalue weighted by Crippen LogP contribution is 2.30. The molecule has 3 nitrogen and oxygen atoms in total. The van der Waals surface area contributed by atoms with Crippen LogP contribution in [0.25, 0.3) is 0 Å². The summed E-state index contributed by atoms with van der Waals surface area (Å²) in [6.45, 7) is 3.19. The van der Waals surface area contributed by atoms with Gasteiger partial charge in [-0.2, -0.15) is 0 Å². The average molecular weight is 311 g/mol. The van der Waals surface area contributed by atoms with Crippen molar-refractivity contribution in [2.24, 2.45) is 5.92 Å². The molecule has 2 aliphatic rings. The van der Waals surface area contributed by atoms with Crippen LogP contribution in [-0.4, -0.2) is 30.8 Å². The monoisotopic (exact) mass is 310 g/mol. The maximum atomic E-state index is 5.81. The standard InChI is InChI=1S/C14H19BrN2O/c15-12-3-4-14(16-10-12)17-7-5-11(6-8-17)13-2-1-9-18-13/h3-4,10-11,13H,1-2,5-9H2/t13-/m1/s1. The summed E-state index contributed by atoms with van der Waals surface area (Å²) in [5.41, 5.74) is 0. The third-order valence-electron chi connectivity index (χ3n) is 4.07. The van der Waals surface area contributed by atoms with Crippen LogP contribution in [0, 0.1) is 5.92 Å². The number of aromatic nitrogens is 1. The van der Waals surface area contributed by atoms with Crippen molar-refractivity contribution < 1.29 is 4.74 Å². The zero-order valence-corrected chi connectivity index (χ0v) is 12.1. The van der Waals surface area contributed by atoms with Crippen LogP contribution in [0.1, 0.15) is 25.7 Å². The van der Waals surface area contributed by atoms with Gasteiger partial charge in [0.2, 0.25) is 0 Å². The van der Waals surface area contributed by atoms with E-state index in [4.69, 9.17) is 4.74 Å². The SMILES string of the molecule is Brc1ccc(N2CCC([C@H]3CCCO3)CC2)nc1. The van der Waals surface area contributed by atoms with E-state index in [9.17, 15) is 0 Å². The summed E-state index contributed by atoms with van der Waals surface area (Å²) in [7, 11) is 0. The number of nitrogens with zero attached hydrogens (tertiary/aromatic N) is 2. The van der Waals surface area contributed by atoms with E-state index in [2.05, 4.69) is 37.9 Å². The third kappa shape index (κ3) is 2.69. The molecule has 0 saturated carbocycles. The molecule has 1 atom stereocenters. The highest BCUT2D eigenvalue weighted by atomic mass is 79.9. The highest BCUT2D eigenvalue weighted by molar-refractivity contribution is 9.10. The predicted molar refractivity (Wildman–Crippen MR) is 75.8 cm³/mol. The first kappa shape index (κ1) is 12.4. The molecule has 1 aromatic heterocycles. The van der Waals surface area contributed by atoms with Gasteiger partial charge in [0.05, 0.1) is 6.10 Å². The molecule has 0 spiro atoms. The first-order valence-corrected chi connectivity index (χ1v) is 7.60. The summed E-state index contributed by atoms with van der Waals surface area (Å²) in [6, 6.07) is 4.16. The van der Waals surface area contributed by atoms with Crippen molar-refractivity contribution in [1.29, 1.82) is 0 Å². The van der Waals surface area contributed by atoms with E-state index in [1.165, 1.54) is 25.7 Å². The molecule has 0 unspecified atom stereocenters. The van der Waals surface area contributed by atoms with E-state index in [0.29, 0.717) is 6.10 Å². The van der Waals surface area contributed by atoms with Gasteiger partial charge in [-0.3, -0.25) is 0 Å². The van der Waals surface area contributed by atoms with Gasteiger partial charge in [0.1, 0.15) is 5.82 Å². The van der Waals surface area contributed by atoms with Crippen LogP contribution in [-0.2, 0) is 4.74 Å². The van der Waals surface area contributed by atoms with Gasteiger partial charge >= 0.3 is 0 Å². The van der Waals surface area contributed by atoms with Crippen LogP contribution in [0.4, 0.5) is 5.82 Å². The Morgan fingerprint density at radius 3 is 2.67 bits per heavy atom. The molecule has 3 rings (SSSR count). The van der Waals surface area contributed by atoms with Gasteiger partial charge in [-0.15, -0.1) is 0 Å². The second kappa shape index (κ2) is 5.57. The quantitative estimate of drug-likeness (QED) is 0.838. The maximum absolute atomic E-state index is 5.81. The van der Waals surface area contributed by atoms with Gasteiger partial charge in [-0.1, -0.05) is 0 Å². The molecule has 0 N–H and O–H groups in total. The maximum Gasteiger partial charge on any atom is 0.128 e. The molecule has 0 aliphatic carbocycles. The van der Waals surface area contributed by atoms with Crippen molar-refractivity contribution >= 4 is 21.7 Å². The Kier molecular flexibility index (Phi) is 3.85. The van der Waals surface area contributed by atoms with Gasteiger partial charge in [-0.25, -0.2) is 4.98 Å². The Bertz CT molecular complexity index is 381. The fourth-order valence-corrected chi connectivity index (χ4v) is 3.26. The second-order valence-corrected chi connectivity index (χ2v) is 6.13. The molecule has 98 valence electrons. The Hall–Kier alpha value is -0.610. The lowest BCUT2D eigenvalue weighted by molar-refractivity contribution is 0.0531. The van der Waals surface area contributed by atoms with Crippen LogP contribution >= 0.6 is 15.9 Å². The number of ether oxygens (including phenoxy) is 1. The fourth-order valence-electron chi connectivity index (χ4n) is 3.03. The lowest BCUT2D eigenvalue weighted by Crippen LogP contribution is -2.38. The number of halogens is 1. The van der Waals surface area contributed by atoms with Crippen LogP contribution < -0.4 is 4.90 Å². The minimum absolute atomic E-state index is 0.532. The van der Waals surface area contributed by atoms with Gasteiger partial charge in [0.15, 0.2) is 0 Å². The summed E-state index contributed by atoms with van der Waals surface area (Å²) in [6.07, 6.45) is 7.40. The van der Waals surface area contributed by atoms with Crippen molar-refractivity contribution in [3.8, 4) is 0 Å². The zero-order valence-electron chi connectivity index (χ0n) is 10.5. The number of pyridine rings is 1. The van der Waals surface area contributed by atoms with Gasteiger partial charge < -0.3 is 9.64 Å². The minimum Gasteiger partial charge on any atom is -0.378 e. The van der Waals surface area contributed by atoms with E-state index in [1.54, 1.807) is 0 Å². The molecule has 2 saturated heterocycles. The first-order chi connectivity index (χ1) is 8.83. The molecular formula is C14H19BrN2O. The Morgan fingerprint density at radius 1 is 1.22 bits per heavy atom. The highest BCUT2D eigenvalue weighted by Gasteiger charge is 2.29. The van der Waals surface area contributed by atoms with Crippen LogP contribution in [0.2, 0.25) is 0 Å². The van der Waals surface area contributed by atoms with Gasteiger partial charge in [0.25, 0.3) is 0 Å². The molecule has 0 radical (unpaired) electrons. The number of anilines is 1. The molecule has 0 amide bonds. The molecule has 0 aromatic carbocycles. The van der Waals surface area contributed by atoms with Crippen molar-refractivity contribution in [3.63, 3.8) is 0 Å². The van der Waals surface area contributed by atoms with Crippen LogP contribution in [0.5, 0.6) is 0 Å². The average Bonchev–Trinajstić information content (AvgIpc) is 2.94. The second-order valence-electron chi connectivity index (χ2n) is 5.21. The molecule has 18 heavy (non-hydrogen) atoms. The van der Waals surface area contributed by atoms with E-state index in [0.717, 1.165) is 35.9 Å². The Labute approximate surface area is 117 Å². The van der Waals surface area contributed by atoms with Crippen molar-refractivity contribution in [3.05, 3.63) is 22.8 Å². The van der Waals surface area contributed by atoms with Crippen LogP contribution in [0.15, 0.2) is 22.8 Å². The number of rotatable bonds is 2. The molecule has 1 aromatic rings. The Balaban J connectivity index is 1.57. The zero-order chi connectivity index (χ0) is 12.4. The molecule has 0 bridgehead atoms. The fraction of sp³-hybridized carbons (Fsp3) is 0.643. The largest absolute Gasteiger partial charge is 0.378 e. The molecule has 2 aliphatic heterocycles. The molecular weight excluding hydrogens is 292 g/mol. The predicted octanol–water partition coefficient (Wildman–Crippen LogP) is 3.24. The Morgan fingerprint density at radius 2 is 2.06 bits per heavy atom. The smallest absolute Gasteiger partial charge is 0.128 e. The summed E-state index contributed by atoms with van der Waals surface area (Å²) >= 11 is 3.43. The van der Waals surface area contributed by atoms with Crippen molar-refractivity contribution in [2.45, 2.75) is 31.8 Å². The van der Waals surface area contributed by atoms with Crippen molar-refractivity contribution in [1.82, 2.24) is 4.98 Å². The van der Waals surface area contributed by atoms with Crippen molar-refractivity contribution in [2.75, 3.05) is 24.6 Å². The van der Waals surface area contributed by atoms with Gasteiger partial charge in [0, 0.05) is 30.4 Å². The van der Waals surface area contributed by atoms with Gasteiger partial charge in [-0.05, 0) is 59.7 Å².